The molecule has 3 rings (SSSR count). The zero-order chi connectivity index (χ0) is 22.2. The molecular weight excluding hydrogens is 442 g/mol. The molecule has 12 heteroatoms. The van der Waals surface area contributed by atoms with E-state index in [0.29, 0.717) is 21.6 Å². The minimum absolute atomic E-state index is 0.0536. The fourth-order valence-corrected chi connectivity index (χ4v) is 3.26. The van der Waals surface area contributed by atoms with Gasteiger partial charge < -0.3 is 20.6 Å². The van der Waals surface area contributed by atoms with Crippen LogP contribution in [0.2, 0.25) is 5.02 Å². The Morgan fingerprint density at radius 3 is 2.87 bits per heavy atom. The van der Waals surface area contributed by atoms with Gasteiger partial charge in [0.1, 0.15) is 11.5 Å². The quantitative estimate of drug-likeness (QED) is 0.192. The summed E-state index contributed by atoms with van der Waals surface area (Å²) in [5.41, 5.74) is 4.02. The standard InChI is InChI=1S/C19H20ClN7O3S/c1-29-14-5-3-4-12(8-14)10-22-24-18-25-26-19(27(18)21)31-11-17(28)23-15-9-13(20)6-7-16(15)30-2/h3-10H,11,21H2,1-2H3,(H,23,28)(H,24,25)/b22-10+. The summed E-state index contributed by atoms with van der Waals surface area (Å²) in [6, 6.07) is 12.3. The molecule has 1 heterocycles. The molecule has 10 nitrogen and oxygen atoms in total. The second-order valence-corrected chi connectivity index (χ2v) is 7.38. The molecule has 2 aromatic carbocycles. The largest absolute Gasteiger partial charge is 0.497 e. The molecule has 0 aliphatic rings. The van der Waals surface area contributed by atoms with Crippen molar-refractivity contribution in [1.82, 2.24) is 14.9 Å². The van der Waals surface area contributed by atoms with Crippen LogP contribution >= 0.6 is 23.4 Å². The highest BCUT2D eigenvalue weighted by atomic mass is 35.5. The molecular formula is C19H20ClN7O3S. The van der Waals surface area contributed by atoms with Crippen LogP contribution in [0.3, 0.4) is 0 Å². The first-order chi connectivity index (χ1) is 15.0. The average molecular weight is 462 g/mol. The van der Waals surface area contributed by atoms with Crippen molar-refractivity contribution in [3.8, 4) is 11.5 Å². The summed E-state index contributed by atoms with van der Waals surface area (Å²) in [4.78, 5) is 12.3. The van der Waals surface area contributed by atoms with Gasteiger partial charge in [-0.1, -0.05) is 35.5 Å². The van der Waals surface area contributed by atoms with E-state index in [1.54, 1.807) is 31.5 Å². The van der Waals surface area contributed by atoms with Crippen molar-refractivity contribution in [2.45, 2.75) is 5.16 Å². The van der Waals surface area contributed by atoms with Crippen LogP contribution in [0.25, 0.3) is 0 Å². The number of hydrogen-bond donors (Lipinski definition) is 3. The van der Waals surface area contributed by atoms with E-state index in [1.165, 1.54) is 11.8 Å². The van der Waals surface area contributed by atoms with Crippen LogP contribution in [-0.4, -0.2) is 47.0 Å². The Labute approximate surface area is 187 Å². The maximum Gasteiger partial charge on any atom is 0.264 e. The van der Waals surface area contributed by atoms with Crippen molar-refractivity contribution >= 4 is 47.1 Å². The van der Waals surface area contributed by atoms with E-state index < -0.39 is 0 Å². The number of carbonyl (C=O) groups is 1. The number of hydrogen-bond acceptors (Lipinski definition) is 9. The van der Waals surface area contributed by atoms with Crippen molar-refractivity contribution in [2.24, 2.45) is 5.10 Å². The van der Waals surface area contributed by atoms with Crippen molar-refractivity contribution in [3.63, 3.8) is 0 Å². The van der Waals surface area contributed by atoms with E-state index in [0.717, 1.165) is 23.1 Å². The summed E-state index contributed by atoms with van der Waals surface area (Å²) in [6.45, 7) is 0. The number of halogens is 1. The third kappa shape index (κ3) is 6.03. The Balaban J connectivity index is 1.56. The highest BCUT2D eigenvalue weighted by Gasteiger charge is 2.13. The number of nitrogen functional groups attached to an aromatic ring is 1. The number of carbonyl (C=O) groups excluding carboxylic acids is 1. The van der Waals surface area contributed by atoms with Gasteiger partial charge in [0.25, 0.3) is 5.95 Å². The number of hydrazone groups is 1. The van der Waals surface area contributed by atoms with Crippen molar-refractivity contribution < 1.29 is 14.3 Å². The predicted octanol–water partition coefficient (Wildman–Crippen LogP) is 2.84. The Hall–Kier alpha value is -3.44. The first-order valence-electron chi connectivity index (χ1n) is 8.90. The minimum atomic E-state index is -0.279. The molecule has 0 unspecified atom stereocenters. The molecule has 0 spiro atoms. The highest BCUT2D eigenvalue weighted by molar-refractivity contribution is 7.99. The lowest BCUT2D eigenvalue weighted by Crippen LogP contribution is -2.17. The molecule has 0 bridgehead atoms. The number of aromatic nitrogens is 3. The van der Waals surface area contributed by atoms with E-state index in [2.05, 4.69) is 26.0 Å². The summed E-state index contributed by atoms with van der Waals surface area (Å²) < 4.78 is 11.6. The Morgan fingerprint density at radius 2 is 2.10 bits per heavy atom. The van der Waals surface area contributed by atoms with Gasteiger partial charge in [-0.2, -0.15) is 5.10 Å². The lowest BCUT2D eigenvalue weighted by atomic mass is 10.2. The molecule has 0 radical (unpaired) electrons. The van der Waals surface area contributed by atoms with E-state index in [4.69, 9.17) is 26.9 Å². The Bertz CT molecular complexity index is 1090. The number of nitrogens with two attached hydrogens (primary N) is 1. The number of ether oxygens (including phenoxy) is 2. The SMILES string of the molecule is COc1cccc(/C=N/Nc2nnc(SCC(=O)Nc3cc(Cl)ccc3OC)n2N)c1. The summed E-state index contributed by atoms with van der Waals surface area (Å²) in [6.07, 6.45) is 1.59. The monoisotopic (exact) mass is 461 g/mol. The van der Waals surface area contributed by atoms with Gasteiger partial charge in [0.05, 0.1) is 31.9 Å². The lowest BCUT2D eigenvalue weighted by Gasteiger charge is -2.10. The van der Waals surface area contributed by atoms with E-state index in [-0.39, 0.29) is 17.6 Å². The van der Waals surface area contributed by atoms with Crippen LogP contribution in [0.4, 0.5) is 11.6 Å². The average Bonchev–Trinajstić information content (AvgIpc) is 3.12. The van der Waals surface area contributed by atoms with Crippen LogP contribution < -0.4 is 26.1 Å². The molecule has 31 heavy (non-hydrogen) atoms. The third-order valence-electron chi connectivity index (χ3n) is 3.90. The first-order valence-corrected chi connectivity index (χ1v) is 10.3. The summed E-state index contributed by atoms with van der Waals surface area (Å²) in [5.74, 6) is 7.20. The lowest BCUT2D eigenvalue weighted by molar-refractivity contribution is -0.113. The summed E-state index contributed by atoms with van der Waals surface area (Å²) in [7, 11) is 3.10. The maximum atomic E-state index is 12.3. The van der Waals surface area contributed by atoms with Gasteiger partial charge in [0.15, 0.2) is 0 Å². The Kier molecular flexibility index (Phi) is 7.57. The molecule has 1 amide bonds. The molecule has 0 atom stereocenters. The van der Waals surface area contributed by atoms with Gasteiger partial charge in [-0.15, -0.1) is 10.2 Å². The van der Waals surface area contributed by atoms with E-state index >= 15 is 0 Å². The number of anilines is 2. The van der Waals surface area contributed by atoms with Gasteiger partial charge in [-0.3, -0.25) is 4.79 Å². The second kappa shape index (κ2) is 10.5. The molecule has 4 N–H and O–H groups in total. The Morgan fingerprint density at radius 1 is 1.26 bits per heavy atom. The topological polar surface area (TPSA) is 129 Å². The van der Waals surface area contributed by atoms with Crippen LogP contribution in [0, 0.1) is 0 Å². The van der Waals surface area contributed by atoms with Gasteiger partial charge in [0.2, 0.25) is 11.1 Å². The summed E-state index contributed by atoms with van der Waals surface area (Å²) in [5, 5.41) is 15.6. The molecule has 1 aromatic heterocycles. The zero-order valence-electron chi connectivity index (χ0n) is 16.7. The molecule has 162 valence electrons. The summed E-state index contributed by atoms with van der Waals surface area (Å²) >= 11 is 7.09. The van der Waals surface area contributed by atoms with Gasteiger partial charge in [0, 0.05) is 5.02 Å². The van der Waals surface area contributed by atoms with Gasteiger partial charge in [-0.05, 0) is 35.9 Å². The molecule has 0 aliphatic heterocycles. The number of nitrogens with zero attached hydrogens (tertiary/aromatic N) is 4. The molecule has 0 saturated carbocycles. The van der Waals surface area contributed by atoms with Crippen LogP contribution in [-0.2, 0) is 4.79 Å². The number of amides is 1. The fourth-order valence-electron chi connectivity index (χ4n) is 2.43. The van der Waals surface area contributed by atoms with Crippen molar-refractivity contribution in [3.05, 3.63) is 53.1 Å². The molecule has 0 saturated heterocycles. The van der Waals surface area contributed by atoms with Crippen molar-refractivity contribution in [1.29, 1.82) is 0 Å². The predicted molar refractivity (Wildman–Crippen MR) is 122 cm³/mol. The highest BCUT2D eigenvalue weighted by Crippen LogP contribution is 2.28. The number of rotatable bonds is 9. The van der Waals surface area contributed by atoms with Crippen LogP contribution in [0.5, 0.6) is 11.5 Å². The van der Waals surface area contributed by atoms with Crippen LogP contribution in [0.15, 0.2) is 52.7 Å². The van der Waals surface area contributed by atoms with E-state index in [9.17, 15) is 4.79 Å². The fraction of sp³-hybridized carbons (Fsp3) is 0.158. The van der Waals surface area contributed by atoms with Crippen molar-refractivity contribution in [2.75, 3.05) is 36.6 Å². The van der Waals surface area contributed by atoms with Gasteiger partial charge in [-0.25, -0.2) is 10.1 Å². The molecule has 0 fully saturated rings. The number of thioether (sulfide) groups is 1. The zero-order valence-corrected chi connectivity index (χ0v) is 18.3. The van der Waals surface area contributed by atoms with E-state index in [1.807, 2.05) is 24.3 Å². The maximum absolute atomic E-state index is 12.3. The van der Waals surface area contributed by atoms with Crippen LogP contribution in [0.1, 0.15) is 5.56 Å². The number of nitrogens with one attached hydrogen (secondary N) is 2. The second-order valence-electron chi connectivity index (χ2n) is 6.00. The van der Waals surface area contributed by atoms with Gasteiger partial charge >= 0.3 is 0 Å². The normalized spacial score (nSPS) is 10.8. The molecule has 3 aromatic rings. The first kappa shape index (κ1) is 22.2. The smallest absolute Gasteiger partial charge is 0.264 e. The third-order valence-corrected chi connectivity index (χ3v) is 5.08. The minimum Gasteiger partial charge on any atom is -0.497 e. The molecule has 0 aliphatic carbocycles. The number of benzene rings is 2. The number of methoxy groups -OCH3 is 2.